The summed E-state index contributed by atoms with van der Waals surface area (Å²) in [6.07, 6.45) is 1.66. The lowest BCUT2D eigenvalue weighted by atomic mass is 10.0. The third-order valence-electron chi connectivity index (χ3n) is 6.64. The highest BCUT2D eigenvalue weighted by atomic mass is 35.5. The van der Waals surface area contributed by atoms with E-state index >= 15 is 0 Å². The minimum atomic E-state index is -0.0524. The zero-order valence-corrected chi connectivity index (χ0v) is 20.3. The van der Waals surface area contributed by atoms with Gasteiger partial charge in [0.15, 0.2) is 10.6 Å². The average molecular weight is 508 g/mol. The van der Waals surface area contributed by atoms with Gasteiger partial charge < -0.3 is 14.2 Å². The summed E-state index contributed by atoms with van der Waals surface area (Å²) < 4.78 is 5.92. The van der Waals surface area contributed by atoms with Gasteiger partial charge in [0.1, 0.15) is 5.52 Å². The lowest BCUT2D eigenvalue weighted by Crippen LogP contribution is -2.64. The van der Waals surface area contributed by atoms with Crippen molar-refractivity contribution in [1.82, 2.24) is 24.7 Å². The number of fused-ring (bicyclic) bond motifs is 1. The molecule has 4 heterocycles. The van der Waals surface area contributed by atoms with Crippen LogP contribution in [0, 0.1) is 0 Å². The highest BCUT2D eigenvalue weighted by molar-refractivity contribution is 7.11. The number of likely N-dealkylation sites (tertiary alicyclic amines) is 1. The number of piperazine rings is 1. The van der Waals surface area contributed by atoms with Crippen LogP contribution in [0.25, 0.3) is 22.6 Å². The summed E-state index contributed by atoms with van der Waals surface area (Å²) in [5.74, 6) is 0.350. The van der Waals surface area contributed by atoms with Crippen molar-refractivity contribution in [3.63, 3.8) is 0 Å². The standard InChI is InChI=1S/C25H22ClN5O3S/c26-19-6-2-1-4-17(19)22-28-21-18(5-3-7-20(21)34-22)24(32)31-14-16(15-31)29-9-11-30(12-10-29)25(33)23-27-8-13-35-23/h1-8,13,16H,9-12,14-15H2. The van der Waals surface area contributed by atoms with E-state index in [1.54, 1.807) is 18.3 Å². The number of nitrogens with zero attached hydrogens (tertiary/aromatic N) is 5. The lowest BCUT2D eigenvalue weighted by molar-refractivity contribution is 0.00862. The molecule has 0 atom stereocenters. The van der Waals surface area contributed by atoms with Crippen LogP contribution in [-0.2, 0) is 0 Å². The number of amides is 2. The van der Waals surface area contributed by atoms with Gasteiger partial charge in [0.05, 0.1) is 16.1 Å². The van der Waals surface area contributed by atoms with E-state index in [0.29, 0.717) is 70.4 Å². The average Bonchev–Trinajstić information content (AvgIpc) is 3.53. The van der Waals surface area contributed by atoms with Crippen LogP contribution in [-0.4, -0.2) is 81.8 Å². The summed E-state index contributed by atoms with van der Waals surface area (Å²) in [5, 5.41) is 2.91. The Morgan fingerprint density at radius 1 is 0.971 bits per heavy atom. The number of para-hydroxylation sites is 1. The fraction of sp³-hybridized carbons (Fsp3) is 0.280. The molecule has 2 aromatic heterocycles. The van der Waals surface area contributed by atoms with E-state index in [1.165, 1.54) is 11.3 Å². The number of carbonyl (C=O) groups excluding carboxylic acids is 2. The quantitative estimate of drug-likeness (QED) is 0.417. The van der Waals surface area contributed by atoms with E-state index in [9.17, 15) is 9.59 Å². The zero-order chi connectivity index (χ0) is 23.9. The van der Waals surface area contributed by atoms with Crippen molar-refractivity contribution < 1.29 is 14.0 Å². The van der Waals surface area contributed by atoms with Gasteiger partial charge in [0, 0.05) is 56.9 Å². The van der Waals surface area contributed by atoms with Crippen molar-refractivity contribution in [1.29, 1.82) is 0 Å². The zero-order valence-electron chi connectivity index (χ0n) is 18.8. The molecule has 0 bridgehead atoms. The van der Waals surface area contributed by atoms with Gasteiger partial charge in [-0.15, -0.1) is 11.3 Å². The van der Waals surface area contributed by atoms with Crippen LogP contribution in [0.15, 0.2) is 58.5 Å². The van der Waals surface area contributed by atoms with Crippen molar-refractivity contribution >= 4 is 45.9 Å². The maximum Gasteiger partial charge on any atom is 0.282 e. The van der Waals surface area contributed by atoms with E-state index < -0.39 is 0 Å². The molecule has 0 aliphatic carbocycles. The molecule has 8 nitrogen and oxygen atoms in total. The van der Waals surface area contributed by atoms with Crippen molar-refractivity contribution in [2.45, 2.75) is 6.04 Å². The molecule has 0 N–H and O–H groups in total. The SMILES string of the molecule is O=C(c1nccs1)N1CCN(C2CN(C(=O)c3cccc4oc(-c5ccccc5Cl)nc34)C2)CC1. The van der Waals surface area contributed by atoms with Gasteiger partial charge in [-0.3, -0.25) is 14.5 Å². The fourth-order valence-electron chi connectivity index (χ4n) is 4.65. The van der Waals surface area contributed by atoms with Crippen molar-refractivity contribution in [3.05, 3.63) is 69.6 Å². The number of aromatic nitrogens is 2. The monoisotopic (exact) mass is 507 g/mol. The Balaban J connectivity index is 1.10. The Bertz CT molecular complexity index is 1390. The summed E-state index contributed by atoms with van der Waals surface area (Å²) in [5.41, 5.74) is 2.33. The van der Waals surface area contributed by atoms with Gasteiger partial charge in [-0.05, 0) is 24.3 Å². The number of carbonyl (C=O) groups is 2. The number of rotatable bonds is 4. The Labute approximate surface area is 210 Å². The Kier molecular flexibility index (Phi) is 5.75. The highest BCUT2D eigenvalue weighted by Gasteiger charge is 2.38. The van der Waals surface area contributed by atoms with Gasteiger partial charge in [0.2, 0.25) is 5.89 Å². The Morgan fingerprint density at radius 2 is 1.77 bits per heavy atom. The molecule has 0 saturated carbocycles. The second kappa shape index (κ2) is 9.07. The van der Waals surface area contributed by atoms with Crippen LogP contribution in [0.4, 0.5) is 0 Å². The number of thiazole rings is 1. The summed E-state index contributed by atoms with van der Waals surface area (Å²) in [6, 6.07) is 13.1. The number of oxazole rings is 1. The van der Waals surface area contributed by atoms with Crippen molar-refractivity contribution in [2.75, 3.05) is 39.3 Å². The first-order valence-electron chi connectivity index (χ1n) is 11.4. The molecule has 2 aliphatic rings. The Hall–Kier alpha value is -3.27. The summed E-state index contributed by atoms with van der Waals surface area (Å²) >= 11 is 7.68. The molecule has 2 saturated heterocycles. The van der Waals surface area contributed by atoms with Crippen LogP contribution >= 0.6 is 22.9 Å². The lowest BCUT2D eigenvalue weighted by Gasteiger charge is -2.48. The van der Waals surface area contributed by atoms with E-state index in [4.69, 9.17) is 16.0 Å². The van der Waals surface area contributed by atoms with Gasteiger partial charge in [-0.1, -0.05) is 29.8 Å². The number of halogens is 1. The molecule has 0 spiro atoms. The van der Waals surface area contributed by atoms with E-state index in [-0.39, 0.29) is 11.8 Å². The van der Waals surface area contributed by atoms with E-state index in [2.05, 4.69) is 14.9 Å². The molecule has 10 heteroatoms. The number of benzene rings is 2. The molecule has 178 valence electrons. The second-order valence-corrected chi connectivity index (χ2v) is 9.98. The number of hydrogen-bond donors (Lipinski definition) is 0. The van der Waals surface area contributed by atoms with E-state index in [1.807, 2.05) is 45.5 Å². The molecule has 2 aromatic carbocycles. The Morgan fingerprint density at radius 3 is 2.51 bits per heavy atom. The van der Waals surface area contributed by atoms with Crippen molar-refractivity contribution in [2.24, 2.45) is 0 Å². The van der Waals surface area contributed by atoms with Gasteiger partial charge in [-0.25, -0.2) is 9.97 Å². The fourth-order valence-corrected chi connectivity index (χ4v) is 5.47. The molecular formula is C25H22ClN5O3S. The smallest absolute Gasteiger partial charge is 0.282 e. The molecule has 35 heavy (non-hydrogen) atoms. The highest BCUT2D eigenvalue weighted by Crippen LogP contribution is 2.32. The van der Waals surface area contributed by atoms with Crippen molar-refractivity contribution in [3.8, 4) is 11.5 Å². The first kappa shape index (κ1) is 22.2. The minimum absolute atomic E-state index is 0.00179. The predicted molar refractivity (Wildman–Crippen MR) is 134 cm³/mol. The maximum absolute atomic E-state index is 13.3. The summed E-state index contributed by atoms with van der Waals surface area (Å²) in [4.78, 5) is 40.6. The van der Waals surface area contributed by atoms with Crippen LogP contribution in [0.3, 0.4) is 0 Å². The molecule has 0 unspecified atom stereocenters. The molecule has 2 aliphatic heterocycles. The largest absolute Gasteiger partial charge is 0.436 e. The first-order valence-corrected chi connectivity index (χ1v) is 12.7. The molecule has 4 aromatic rings. The molecule has 2 fully saturated rings. The van der Waals surface area contributed by atoms with Crippen LogP contribution in [0.5, 0.6) is 0 Å². The topological polar surface area (TPSA) is 82.8 Å². The van der Waals surface area contributed by atoms with Gasteiger partial charge >= 0.3 is 0 Å². The molecule has 6 rings (SSSR count). The second-order valence-electron chi connectivity index (χ2n) is 8.68. The normalized spacial score (nSPS) is 17.1. The maximum atomic E-state index is 13.3. The summed E-state index contributed by atoms with van der Waals surface area (Å²) in [6.45, 7) is 4.25. The first-order chi connectivity index (χ1) is 17.1. The molecule has 0 radical (unpaired) electrons. The van der Waals surface area contributed by atoms with Gasteiger partial charge in [-0.2, -0.15) is 0 Å². The molecular weight excluding hydrogens is 486 g/mol. The third kappa shape index (κ3) is 4.09. The third-order valence-corrected chi connectivity index (χ3v) is 7.73. The van der Waals surface area contributed by atoms with Gasteiger partial charge in [0.25, 0.3) is 11.8 Å². The minimum Gasteiger partial charge on any atom is -0.436 e. The van der Waals surface area contributed by atoms with E-state index in [0.717, 1.165) is 13.1 Å². The predicted octanol–water partition coefficient (Wildman–Crippen LogP) is 3.89. The van der Waals surface area contributed by atoms with Crippen LogP contribution < -0.4 is 0 Å². The van der Waals surface area contributed by atoms with Crippen LogP contribution in [0.2, 0.25) is 5.02 Å². The summed E-state index contributed by atoms with van der Waals surface area (Å²) in [7, 11) is 0. The van der Waals surface area contributed by atoms with Crippen LogP contribution in [0.1, 0.15) is 20.2 Å². The molecule has 2 amide bonds. The number of hydrogen-bond acceptors (Lipinski definition) is 7.